The molecule has 0 amide bonds. The van der Waals surface area contributed by atoms with Crippen LogP contribution in [0.2, 0.25) is 6.82 Å². The lowest BCUT2D eigenvalue weighted by molar-refractivity contribution is 0.0628. The molecule has 0 spiro atoms. The lowest BCUT2D eigenvalue weighted by Gasteiger charge is -2.17. The third-order valence-corrected chi connectivity index (χ3v) is 5.38. The highest BCUT2D eigenvalue weighted by atomic mass is 16.5. The fourth-order valence-electron chi connectivity index (χ4n) is 3.78. The van der Waals surface area contributed by atoms with Crippen molar-refractivity contribution in [2.24, 2.45) is 5.41 Å². The minimum Gasteiger partial charge on any atom is -0.490 e. The van der Waals surface area contributed by atoms with Gasteiger partial charge in [-0.05, 0) is 41.1 Å². The van der Waals surface area contributed by atoms with E-state index in [0.29, 0.717) is 12.3 Å². The standard InChI is InChI=1S/C22H26BN3O3/c1-22(2)10-16(29-13-22)12-28-21-7-5-15(23(3)27)9-18(21)14-4-6-17-19(24)11-25-26-20(17)8-14/h4-9,11,16,27H,10,12-13H2,1-3H3,(H2,24,26). The van der Waals surface area contributed by atoms with Gasteiger partial charge in [0.05, 0.1) is 30.1 Å². The van der Waals surface area contributed by atoms with Crippen LogP contribution in [0.5, 0.6) is 5.75 Å². The van der Waals surface area contributed by atoms with Gasteiger partial charge >= 0.3 is 6.92 Å². The van der Waals surface area contributed by atoms with Crippen molar-refractivity contribution in [3.05, 3.63) is 42.6 Å². The molecule has 1 atom stereocenters. The molecule has 1 unspecified atom stereocenters. The zero-order valence-electron chi connectivity index (χ0n) is 17.1. The summed E-state index contributed by atoms with van der Waals surface area (Å²) >= 11 is 0. The molecule has 1 saturated heterocycles. The predicted octanol–water partition coefficient (Wildman–Crippen LogP) is 2.89. The minimum atomic E-state index is -0.572. The van der Waals surface area contributed by atoms with E-state index in [1.165, 1.54) is 0 Å². The Hall–Kier alpha value is -2.64. The van der Waals surface area contributed by atoms with Crippen molar-refractivity contribution in [1.29, 1.82) is 0 Å². The number of anilines is 1. The summed E-state index contributed by atoms with van der Waals surface area (Å²) in [5, 5.41) is 19.1. The van der Waals surface area contributed by atoms with E-state index in [1.807, 2.05) is 36.4 Å². The number of rotatable bonds is 5. The van der Waals surface area contributed by atoms with E-state index in [-0.39, 0.29) is 11.5 Å². The third-order valence-electron chi connectivity index (χ3n) is 5.38. The van der Waals surface area contributed by atoms with E-state index in [0.717, 1.165) is 46.3 Å². The van der Waals surface area contributed by atoms with Crippen LogP contribution in [0.25, 0.3) is 22.0 Å². The van der Waals surface area contributed by atoms with Gasteiger partial charge in [0.25, 0.3) is 0 Å². The molecule has 150 valence electrons. The summed E-state index contributed by atoms with van der Waals surface area (Å²) in [7, 11) is 0. The molecule has 29 heavy (non-hydrogen) atoms. The maximum atomic E-state index is 10.1. The Morgan fingerprint density at radius 3 is 2.83 bits per heavy atom. The summed E-state index contributed by atoms with van der Waals surface area (Å²) in [5.74, 6) is 0.749. The Morgan fingerprint density at radius 1 is 1.28 bits per heavy atom. The molecule has 3 aromatic rings. The number of nitrogens with two attached hydrogens (primary N) is 1. The Bertz CT molecular complexity index is 1040. The lowest BCUT2D eigenvalue weighted by Crippen LogP contribution is -2.26. The highest BCUT2D eigenvalue weighted by molar-refractivity contribution is 6.64. The Balaban J connectivity index is 1.68. The highest BCUT2D eigenvalue weighted by Crippen LogP contribution is 2.34. The van der Waals surface area contributed by atoms with Gasteiger partial charge in [-0.2, -0.15) is 10.2 Å². The molecule has 2 aromatic carbocycles. The zero-order valence-corrected chi connectivity index (χ0v) is 17.1. The largest absolute Gasteiger partial charge is 0.490 e. The van der Waals surface area contributed by atoms with E-state index in [9.17, 15) is 5.02 Å². The van der Waals surface area contributed by atoms with Gasteiger partial charge in [0.15, 0.2) is 0 Å². The monoisotopic (exact) mass is 391 g/mol. The second-order valence-electron chi connectivity index (χ2n) is 8.58. The molecular formula is C22H26BN3O3. The van der Waals surface area contributed by atoms with Gasteiger partial charge in [-0.25, -0.2) is 0 Å². The molecule has 2 heterocycles. The van der Waals surface area contributed by atoms with Crippen molar-refractivity contribution >= 4 is 29.0 Å². The zero-order chi connectivity index (χ0) is 20.6. The van der Waals surface area contributed by atoms with Crippen LogP contribution in [0.1, 0.15) is 20.3 Å². The molecule has 4 rings (SSSR count). The summed E-state index contributed by atoms with van der Waals surface area (Å²) in [6, 6.07) is 11.6. The van der Waals surface area contributed by atoms with E-state index >= 15 is 0 Å². The first-order valence-electron chi connectivity index (χ1n) is 9.90. The van der Waals surface area contributed by atoms with Crippen molar-refractivity contribution in [2.45, 2.75) is 33.2 Å². The second kappa shape index (κ2) is 7.65. The van der Waals surface area contributed by atoms with Crippen LogP contribution in [-0.2, 0) is 4.74 Å². The molecule has 1 aliphatic heterocycles. The van der Waals surface area contributed by atoms with E-state index < -0.39 is 6.92 Å². The van der Waals surface area contributed by atoms with Crippen LogP contribution in [0.3, 0.4) is 0 Å². The first-order chi connectivity index (χ1) is 13.8. The first kappa shape index (κ1) is 19.7. The maximum Gasteiger partial charge on any atom is 0.320 e. The van der Waals surface area contributed by atoms with Crippen molar-refractivity contribution < 1.29 is 14.5 Å². The van der Waals surface area contributed by atoms with Gasteiger partial charge in [-0.15, -0.1) is 0 Å². The summed E-state index contributed by atoms with van der Waals surface area (Å²) in [6.07, 6.45) is 2.60. The van der Waals surface area contributed by atoms with Gasteiger partial charge < -0.3 is 20.2 Å². The normalized spacial score (nSPS) is 18.1. The number of ether oxygens (including phenoxy) is 2. The molecule has 0 aliphatic carbocycles. The fraction of sp³-hybridized carbons (Fsp3) is 0.364. The van der Waals surface area contributed by atoms with E-state index in [2.05, 4.69) is 24.0 Å². The average Bonchev–Trinajstić information content (AvgIpc) is 3.05. The average molecular weight is 391 g/mol. The van der Waals surface area contributed by atoms with Crippen molar-refractivity contribution in [3.8, 4) is 16.9 Å². The molecule has 1 aromatic heterocycles. The number of hydrogen-bond acceptors (Lipinski definition) is 6. The van der Waals surface area contributed by atoms with Gasteiger partial charge in [-0.3, -0.25) is 0 Å². The summed E-state index contributed by atoms with van der Waals surface area (Å²) in [6.45, 7) is 6.83. The Labute approximate surface area is 171 Å². The SMILES string of the molecule is CB(O)c1ccc(OCC2CC(C)(C)CO2)c(-c2ccc3c(N)cnnc3c2)c1. The van der Waals surface area contributed by atoms with Crippen LogP contribution in [-0.4, -0.2) is 41.5 Å². The smallest absolute Gasteiger partial charge is 0.320 e. The number of fused-ring (bicyclic) bond motifs is 1. The van der Waals surface area contributed by atoms with Crippen LogP contribution < -0.4 is 15.9 Å². The van der Waals surface area contributed by atoms with Crippen molar-refractivity contribution in [1.82, 2.24) is 10.2 Å². The van der Waals surface area contributed by atoms with Crippen LogP contribution in [0.15, 0.2) is 42.6 Å². The minimum absolute atomic E-state index is 0.0801. The van der Waals surface area contributed by atoms with Gasteiger partial charge in [0, 0.05) is 10.9 Å². The summed E-state index contributed by atoms with van der Waals surface area (Å²) < 4.78 is 12.0. The van der Waals surface area contributed by atoms with E-state index in [4.69, 9.17) is 15.2 Å². The molecule has 1 fully saturated rings. The first-order valence-corrected chi connectivity index (χ1v) is 9.90. The molecule has 0 radical (unpaired) electrons. The molecule has 1 aliphatic rings. The number of hydrogen-bond donors (Lipinski definition) is 2. The predicted molar refractivity (Wildman–Crippen MR) is 116 cm³/mol. The van der Waals surface area contributed by atoms with Crippen LogP contribution in [0.4, 0.5) is 5.69 Å². The topological polar surface area (TPSA) is 90.5 Å². The molecule has 0 bridgehead atoms. The number of aromatic nitrogens is 2. The van der Waals surface area contributed by atoms with Gasteiger partial charge in [-0.1, -0.05) is 38.9 Å². The quantitative estimate of drug-likeness (QED) is 0.650. The van der Waals surface area contributed by atoms with Crippen LogP contribution >= 0.6 is 0 Å². The molecule has 6 nitrogen and oxygen atoms in total. The maximum absolute atomic E-state index is 10.1. The second-order valence-corrected chi connectivity index (χ2v) is 8.58. The van der Waals surface area contributed by atoms with E-state index in [1.54, 1.807) is 13.0 Å². The van der Waals surface area contributed by atoms with Crippen LogP contribution in [0, 0.1) is 5.41 Å². The lowest BCUT2D eigenvalue weighted by atomic mass is 9.64. The Morgan fingerprint density at radius 2 is 2.10 bits per heavy atom. The molecule has 7 heteroatoms. The molecular weight excluding hydrogens is 365 g/mol. The van der Waals surface area contributed by atoms with Gasteiger partial charge in [0.2, 0.25) is 0 Å². The van der Waals surface area contributed by atoms with Gasteiger partial charge in [0.1, 0.15) is 12.4 Å². The Kier molecular flexibility index (Phi) is 5.19. The number of nitrogens with zero attached hydrogens (tertiary/aromatic N) is 2. The van der Waals surface area contributed by atoms with Crippen molar-refractivity contribution in [3.63, 3.8) is 0 Å². The molecule has 3 N–H and O–H groups in total. The van der Waals surface area contributed by atoms with Crippen molar-refractivity contribution in [2.75, 3.05) is 18.9 Å². The summed E-state index contributed by atoms with van der Waals surface area (Å²) in [5.41, 5.74) is 10.2. The summed E-state index contributed by atoms with van der Waals surface area (Å²) in [4.78, 5) is 0. The highest BCUT2D eigenvalue weighted by Gasteiger charge is 2.32. The number of nitrogen functional groups attached to an aromatic ring is 1. The number of benzene rings is 2. The fourth-order valence-corrected chi connectivity index (χ4v) is 3.78. The molecule has 0 saturated carbocycles. The third kappa shape index (κ3) is 4.21.